The van der Waals surface area contributed by atoms with Gasteiger partial charge in [-0.15, -0.1) is 11.3 Å². The summed E-state index contributed by atoms with van der Waals surface area (Å²) in [5.41, 5.74) is 1.67. The Labute approximate surface area is 156 Å². The standard InChI is InChI=1S/C19H22N2O4S/c1-11(2)19(24)21-15-7-5-14(6-8-15)18(23)12(3)25-17(22)9-16-10-26-13(4)20-16/h5-8,10-12H,9H2,1-4H3,(H,21,24). The highest BCUT2D eigenvalue weighted by molar-refractivity contribution is 7.09. The van der Waals surface area contributed by atoms with Crippen LogP contribution in [0.5, 0.6) is 0 Å². The van der Waals surface area contributed by atoms with Crippen LogP contribution in [0.2, 0.25) is 0 Å². The van der Waals surface area contributed by atoms with Crippen LogP contribution in [0.1, 0.15) is 41.8 Å². The van der Waals surface area contributed by atoms with Gasteiger partial charge >= 0.3 is 5.97 Å². The van der Waals surface area contributed by atoms with Crippen molar-refractivity contribution < 1.29 is 19.1 Å². The summed E-state index contributed by atoms with van der Waals surface area (Å²) >= 11 is 1.46. The van der Waals surface area contributed by atoms with Crippen molar-refractivity contribution in [3.05, 3.63) is 45.9 Å². The van der Waals surface area contributed by atoms with E-state index in [-0.39, 0.29) is 24.0 Å². The van der Waals surface area contributed by atoms with E-state index in [1.165, 1.54) is 11.3 Å². The summed E-state index contributed by atoms with van der Waals surface area (Å²) in [5.74, 6) is -1.01. The minimum Gasteiger partial charge on any atom is -0.454 e. The summed E-state index contributed by atoms with van der Waals surface area (Å²) < 4.78 is 5.21. The van der Waals surface area contributed by atoms with Gasteiger partial charge in [0.2, 0.25) is 11.7 Å². The molecule has 0 saturated carbocycles. The van der Waals surface area contributed by atoms with Gasteiger partial charge in [-0.2, -0.15) is 0 Å². The number of aryl methyl sites for hydroxylation is 1. The first kappa shape index (κ1) is 19.8. The second-order valence-corrected chi connectivity index (χ2v) is 7.31. The molecule has 1 N–H and O–H groups in total. The predicted molar refractivity (Wildman–Crippen MR) is 100 cm³/mol. The maximum absolute atomic E-state index is 12.4. The maximum atomic E-state index is 12.4. The van der Waals surface area contributed by atoms with Crippen molar-refractivity contribution in [1.29, 1.82) is 0 Å². The van der Waals surface area contributed by atoms with Gasteiger partial charge in [0.1, 0.15) is 0 Å². The molecular weight excluding hydrogens is 352 g/mol. The molecule has 1 aromatic heterocycles. The van der Waals surface area contributed by atoms with Crippen LogP contribution in [0.4, 0.5) is 5.69 Å². The Bertz CT molecular complexity index is 796. The molecule has 26 heavy (non-hydrogen) atoms. The first-order valence-electron chi connectivity index (χ1n) is 8.32. The number of nitrogens with one attached hydrogen (secondary N) is 1. The van der Waals surface area contributed by atoms with Gasteiger partial charge in [-0.25, -0.2) is 4.98 Å². The molecule has 0 aliphatic carbocycles. The number of amides is 1. The maximum Gasteiger partial charge on any atom is 0.312 e. The number of ketones is 1. The highest BCUT2D eigenvalue weighted by Gasteiger charge is 2.20. The Morgan fingerprint density at radius 1 is 1.15 bits per heavy atom. The summed E-state index contributed by atoms with van der Waals surface area (Å²) in [5, 5.41) is 5.43. The summed E-state index contributed by atoms with van der Waals surface area (Å²) in [6, 6.07) is 6.51. The first-order chi connectivity index (χ1) is 12.3. The number of hydrogen-bond acceptors (Lipinski definition) is 6. The molecule has 1 amide bonds. The third kappa shape index (κ3) is 5.49. The number of Topliss-reactive ketones (excluding diaryl/α,β-unsaturated/α-hetero) is 1. The molecule has 1 atom stereocenters. The van der Waals surface area contributed by atoms with Gasteiger partial charge in [0.25, 0.3) is 0 Å². The zero-order chi connectivity index (χ0) is 19.3. The molecule has 6 nitrogen and oxygen atoms in total. The van der Waals surface area contributed by atoms with E-state index in [0.717, 1.165) is 5.01 Å². The Morgan fingerprint density at radius 3 is 2.35 bits per heavy atom. The lowest BCUT2D eigenvalue weighted by molar-refractivity contribution is -0.145. The molecule has 0 fully saturated rings. The molecule has 138 valence electrons. The van der Waals surface area contributed by atoms with Crippen LogP contribution < -0.4 is 5.32 Å². The van der Waals surface area contributed by atoms with E-state index >= 15 is 0 Å². The fourth-order valence-electron chi connectivity index (χ4n) is 2.17. The molecule has 7 heteroatoms. The van der Waals surface area contributed by atoms with Crippen LogP contribution in [-0.4, -0.2) is 28.7 Å². The SMILES string of the molecule is Cc1nc(CC(=O)OC(C)C(=O)c2ccc(NC(=O)C(C)C)cc2)cs1. The Morgan fingerprint density at radius 2 is 1.81 bits per heavy atom. The molecule has 0 saturated heterocycles. The van der Waals surface area contributed by atoms with Gasteiger partial charge in [-0.1, -0.05) is 13.8 Å². The molecule has 0 spiro atoms. The van der Waals surface area contributed by atoms with Crippen molar-refractivity contribution in [2.45, 2.75) is 40.2 Å². The monoisotopic (exact) mass is 374 g/mol. The van der Waals surface area contributed by atoms with Crippen molar-refractivity contribution in [3.8, 4) is 0 Å². The number of esters is 1. The topological polar surface area (TPSA) is 85.4 Å². The van der Waals surface area contributed by atoms with Crippen LogP contribution in [-0.2, 0) is 20.7 Å². The van der Waals surface area contributed by atoms with Crippen molar-refractivity contribution in [2.75, 3.05) is 5.32 Å². The van der Waals surface area contributed by atoms with Crippen LogP contribution in [0.15, 0.2) is 29.6 Å². The number of nitrogens with zero attached hydrogens (tertiary/aromatic N) is 1. The van der Waals surface area contributed by atoms with Gasteiger partial charge < -0.3 is 10.1 Å². The smallest absolute Gasteiger partial charge is 0.312 e. The van der Waals surface area contributed by atoms with Crippen LogP contribution in [0, 0.1) is 12.8 Å². The molecule has 0 radical (unpaired) electrons. The van der Waals surface area contributed by atoms with E-state index in [1.807, 2.05) is 6.92 Å². The largest absolute Gasteiger partial charge is 0.454 e. The van der Waals surface area contributed by atoms with E-state index in [0.29, 0.717) is 16.9 Å². The molecule has 0 aliphatic rings. The summed E-state index contributed by atoms with van der Waals surface area (Å²) in [7, 11) is 0. The van der Waals surface area contributed by atoms with E-state index < -0.39 is 12.1 Å². The Hall–Kier alpha value is -2.54. The van der Waals surface area contributed by atoms with Crippen molar-refractivity contribution in [1.82, 2.24) is 4.98 Å². The quantitative estimate of drug-likeness (QED) is 0.593. The molecule has 1 heterocycles. The lowest BCUT2D eigenvalue weighted by Gasteiger charge is -2.13. The number of thiazole rings is 1. The minimum absolute atomic E-state index is 0.0438. The lowest BCUT2D eigenvalue weighted by atomic mass is 10.1. The molecule has 0 aliphatic heterocycles. The number of benzene rings is 1. The summed E-state index contributed by atoms with van der Waals surface area (Å²) in [6.45, 7) is 7.01. The number of carbonyl (C=O) groups is 3. The molecule has 1 aromatic carbocycles. The average Bonchev–Trinajstić information content (AvgIpc) is 2.99. The number of hydrogen-bond donors (Lipinski definition) is 1. The molecule has 2 rings (SSSR count). The fourth-order valence-corrected chi connectivity index (χ4v) is 2.78. The van der Waals surface area contributed by atoms with Gasteiger partial charge in [-0.3, -0.25) is 14.4 Å². The minimum atomic E-state index is -0.890. The van der Waals surface area contributed by atoms with Crippen molar-refractivity contribution in [3.63, 3.8) is 0 Å². The number of aromatic nitrogens is 1. The zero-order valence-corrected chi connectivity index (χ0v) is 16.1. The Balaban J connectivity index is 1.92. The highest BCUT2D eigenvalue weighted by atomic mass is 32.1. The number of carbonyl (C=O) groups excluding carboxylic acids is 3. The second kappa shape index (κ2) is 8.71. The van der Waals surface area contributed by atoms with Crippen LogP contribution in [0.3, 0.4) is 0 Å². The number of ether oxygens (including phenoxy) is 1. The number of rotatable bonds is 7. The second-order valence-electron chi connectivity index (χ2n) is 6.25. The van der Waals surface area contributed by atoms with E-state index in [9.17, 15) is 14.4 Å². The highest BCUT2D eigenvalue weighted by Crippen LogP contribution is 2.14. The van der Waals surface area contributed by atoms with Gasteiger partial charge in [0.15, 0.2) is 6.10 Å². The van der Waals surface area contributed by atoms with E-state index in [4.69, 9.17) is 4.74 Å². The summed E-state index contributed by atoms with van der Waals surface area (Å²) in [4.78, 5) is 40.2. The van der Waals surface area contributed by atoms with Crippen LogP contribution >= 0.6 is 11.3 Å². The third-order valence-corrected chi connectivity index (χ3v) is 4.45. The van der Waals surface area contributed by atoms with Crippen molar-refractivity contribution in [2.24, 2.45) is 5.92 Å². The number of anilines is 1. The predicted octanol–water partition coefficient (Wildman–Crippen LogP) is 3.40. The molecule has 2 aromatic rings. The third-order valence-electron chi connectivity index (χ3n) is 3.63. The first-order valence-corrected chi connectivity index (χ1v) is 9.20. The normalized spacial score (nSPS) is 11.9. The van der Waals surface area contributed by atoms with E-state index in [2.05, 4.69) is 10.3 Å². The van der Waals surface area contributed by atoms with Crippen molar-refractivity contribution >= 4 is 34.7 Å². The Kier molecular flexibility index (Phi) is 6.63. The van der Waals surface area contributed by atoms with E-state index in [1.54, 1.807) is 50.4 Å². The summed E-state index contributed by atoms with van der Waals surface area (Å²) in [6.07, 6.45) is -0.847. The van der Waals surface area contributed by atoms with Gasteiger partial charge in [0.05, 0.1) is 17.1 Å². The molecule has 1 unspecified atom stereocenters. The fraction of sp³-hybridized carbons (Fsp3) is 0.368. The lowest BCUT2D eigenvalue weighted by Crippen LogP contribution is -2.25. The molecular formula is C19H22N2O4S. The average molecular weight is 374 g/mol. The van der Waals surface area contributed by atoms with Gasteiger partial charge in [0, 0.05) is 22.5 Å². The van der Waals surface area contributed by atoms with Crippen LogP contribution in [0.25, 0.3) is 0 Å². The molecule has 0 bridgehead atoms. The van der Waals surface area contributed by atoms with Gasteiger partial charge in [-0.05, 0) is 38.1 Å². The zero-order valence-electron chi connectivity index (χ0n) is 15.2.